The predicted octanol–water partition coefficient (Wildman–Crippen LogP) is 0.390. The van der Waals surface area contributed by atoms with Gasteiger partial charge in [0.15, 0.2) is 0 Å². The molecular formula is C15H19N3O3. The van der Waals surface area contributed by atoms with Crippen LogP contribution in [0, 0.1) is 0 Å². The molecule has 2 rings (SSSR count). The first kappa shape index (κ1) is 15.1. The van der Waals surface area contributed by atoms with E-state index >= 15 is 0 Å². The van der Waals surface area contributed by atoms with Gasteiger partial charge in [-0.15, -0.1) is 0 Å². The minimum absolute atomic E-state index is 0.0563. The summed E-state index contributed by atoms with van der Waals surface area (Å²) < 4.78 is 2.61. The maximum Gasteiger partial charge on any atom is 0.332 e. The van der Waals surface area contributed by atoms with E-state index in [0.717, 1.165) is 10.1 Å². The molecule has 0 saturated carbocycles. The highest BCUT2D eigenvalue weighted by molar-refractivity contribution is 5.35. The lowest BCUT2D eigenvalue weighted by molar-refractivity contribution is 0.292. The van der Waals surface area contributed by atoms with Crippen molar-refractivity contribution in [2.75, 3.05) is 18.5 Å². The molecule has 0 radical (unpaired) electrons. The van der Waals surface area contributed by atoms with Crippen molar-refractivity contribution in [1.29, 1.82) is 0 Å². The van der Waals surface area contributed by atoms with Crippen LogP contribution in [0.2, 0.25) is 0 Å². The smallest absolute Gasteiger partial charge is 0.332 e. The molecule has 1 aromatic carbocycles. The van der Waals surface area contributed by atoms with Crippen molar-refractivity contribution in [3.05, 3.63) is 62.8 Å². The zero-order valence-electron chi connectivity index (χ0n) is 12.0. The Morgan fingerprint density at radius 2 is 1.90 bits per heavy atom. The van der Waals surface area contributed by atoms with Gasteiger partial charge in [-0.25, -0.2) is 4.79 Å². The van der Waals surface area contributed by atoms with E-state index in [1.807, 2.05) is 30.3 Å². The van der Waals surface area contributed by atoms with E-state index in [0.29, 0.717) is 25.3 Å². The van der Waals surface area contributed by atoms with Crippen molar-refractivity contribution in [2.45, 2.75) is 13.0 Å². The molecule has 112 valence electrons. The van der Waals surface area contributed by atoms with Crippen LogP contribution in [0.25, 0.3) is 0 Å². The van der Waals surface area contributed by atoms with Gasteiger partial charge in [-0.1, -0.05) is 30.3 Å². The molecule has 0 saturated heterocycles. The first-order valence-corrected chi connectivity index (χ1v) is 6.83. The fourth-order valence-electron chi connectivity index (χ4n) is 2.03. The van der Waals surface area contributed by atoms with Gasteiger partial charge < -0.3 is 10.4 Å². The molecule has 0 bridgehead atoms. The van der Waals surface area contributed by atoms with Crippen LogP contribution >= 0.6 is 0 Å². The standard InChI is InChI=1S/C15H19N3O3/c1-17-14(20)10-13(16-8-5-9-19)18(15(17)21)11-12-6-3-2-4-7-12/h2-4,6-7,10,16,19H,5,8-9,11H2,1H3. The SMILES string of the molecule is Cn1c(=O)cc(NCCCO)n(Cc2ccccc2)c1=O. The van der Waals surface area contributed by atoms with Gasteiger partial charge in [0.2, 0.25) is 0 Å². The number of nitrogens with one attached hydrogen (secondary N) is 1. The predicted molar refractivity (Wildman–Crippen MR) is 81.7 cm³/mol. The Kier molecular flexibility index (Phi) is 4.94. The van der Waals surface area contributed by atoms with E-state index in [1.165, 1.54) is 17.7 Å². The number of aliphatic hydroxyl groups is 1. The lowest BCUT2D eigenvalue weighted by Crippen LogP contribution is -2.39. The second-order valence-electron chi connectivity index (χ2n) is 4.79. The topological polar surface area (TPSA) is 76.3 Å². The number of anilines is 1. The fourth-order valence-corrected chi connectivity index (χ4v) is 2.03. The molecule has 0 amide bonds. The normalized spacial score (nSPS) is 10.6. The average Bonchev–Trinajstić information content (AvgIpc) is 2.50. The highest BCUT2D eigenvalue weighted by Crippen LogP contribution is 2.06. The monoisotopic (exact) mass is 289 g/mol. The number of aromatic nitrogens is 2. The average molecular weight is 289 g/mol. The van der Waals surface area contributed by atoms with E-state index in [-0.39, 0.29) is 17.9 Å². The van der Waals surface area contributed by atoms with Gasteiger partial charge in [0.1, 0.15) is 5.82 Å². The van der Waals surface area contributed by atoms with Crippen LogP contribution in [0.3, 0.4) is 0 Å². The van der Waals surface area contributed by atoms with Crippen molar-refractivity contribution < 1.29 is 5.11 Å². The van der Waals surface area contributed by atoms with Crippen LogP contribution in [-0.2, 0) is 13.6 Å². The molecule has 1 aromatic heterocycles. The maximum atomic E-state index is 12.3. The lowest BCUT2D eigenvalue weighted by Gasteiger charge is -2.15. The minimum Gasteiger partial charge on any atom is -0.396 e. The van der Waals surface area contributed by atoms with Crippen molar-refractivity contribution in [3.63, 3.8) is 0 Å². The zero-order chi connectivity index (χ0) is 15.2. The Morgan fingerprint density at radius 1 is 1.19 bits per heavy atom. The molecule has 2 aromatic rings. The van der Waals surface area contributed by atoms with Crippen LogP contribution in [0.4, 0.5) is 5.82 Å². The Balaban J connectivity index is 2.39. The van der Waals surface area contributed by atoms with Crippen LogP contribution < -0.4 is 16.6 Å². The third-order valence-electron chi connectivity index (χ3n) is 3.22. The van der Waals surface area contributed by atoms with Crippen molar-refractivity contribution in [1.82, 2.24) is 9.13 Å². The molecule has 0 spiro atoms. The third-order valence-corrected chi connectivity index (χ3v) is 3.22. The Bertz CT molecular complexity index is 704. The van der Waals surface area contributed by atoms with Gasteiger partial charge in [-0.05, 0) is 12.0 Å². The number of hydrogen-bond acceptors (Lipinski definition) is 4. The van der Waals surface area contributed by atoms with Crippen molar-refractivity contribution in [2.24, 2.45) is 7.05 Å². The Hall–Kier alpha value is -2.34. The van der Waals surface area contributed by atoms with Crippen molar-refractivity contribution in [3.8, 4) is 0 Å². The van der Waals surface area contributed by atoms with E-state index < -0.39 is 0 Å². The summed E-state index contributed by atoms with van der Waals surface area (Å²) in [6.45, 7) is 0.938. The van der Waals surface area contributed by atoms with Crippen LogP contribution in [-0.4, -0.2) is 27.4 Å². The summed E-state index contributed by atoms with van der Waals surface area (Å²) in [4.78, 5) is 24.0. The first-order chi connectivity index (χ1) is 10.1. The van der Waals surface area contributed by atoms with Gasteiger partial charge in [0.05, 0.1) is 6.54 Å². The molecule has 2 N–H and O–H groups in total. The summed E-state index contributed by atoms with van der Waals surface area (Å²) in [6.07, 6.45) is 0.550. The molecule has 0 aliphatic carbocycles. The van der Waals surface area contributed by atoms with Crippen LogP contribution in [0.15, 0.2) is 46.0 Å². The molecule has 0 atom stereocenters. The summed E-state index contributed by atoms with van der Waals surface area (Å²) in [6, 6.07) is 11.0. The molecule has 0 aliphatic rings. The summed E-state index contributed by atoms with van der Waals surface area (Å²) in [5, 5.41) is 11.9. The molecular weight excluding hydrogens is 270 g/mol. The molecule has 0 fully saturated rings. The number of hydrogen-bond donors (Lipinski definition) is 2. The van der Waals surface area contributed by atoms with Gasteiger partial charge >= 0.3 is 5.69 Å². The van der Waals surface area contributed by atoms with E-state index in [9.17, 15) is 9.59 Å². The molecule has 0 aliphatic heterocycles. The summed E-state index contributed by atoms with van der Waals surface area (Å²) in [7, 11) is 1.46. The lowest BCUT2D eigenvalue weighted by atomic mass is 10.2. The largest absolute Gasteiger partial charge is 0.396 e. The van der Waals surface area contributed by atoms with Gasteiger partial charge in [-0.2, -0.15) is 0 Å². The fraction of sp³-hybridized carbons (Fsp3) is 0.333. The van der Waals surface area contributed by atoms with Crippen molar-refractivity contribution >= 4 is 5.82 Å². The molecule has 6 heteroatoms. The molecule has 21 heavy (non-hydrogen) atoms. The molecule has 0 unspecified atom stereocenters. The molecule has 6 nitrogen and oxygen atoms in total. The van der Waals surface area contributed by atoms with Crippen LogP contribution in [0.5, 0.6) is 0 Å². The first-order valence-electron chi connectivity index (χ1n) is 6.83. The summed E-state index contributed by atoms with van der Waals surface area (Å²) >= 11 is 0. The second-order valence-corrected chi connectivity index (χ2v) is 4.79. The second kappa shape index (κ2) is 6.90. The molecule has 1 heterocycles. The van der Waals surface area contributed by atoms with Gasteiger partial charge in [0, 0.05) is 26.3 Å². The third kappa shape index (κ3) is 3.61. The number of benzene rings is 1. The number of rotatable bonds is 6. The zero-order valence-corrected chi connectivity index (χ0v) is 12.0. The van der Waals surface area contributed by atoms with Crippen LogP contribution in [0.1, 0.15) is 12.0 Å². The van der Waals surface area contributed by atoms with E-state index in [4.69, 9.17) is 5.11 Å². The maximum absolute atomic E-state index is 12.3. The Morgan fingerprint density at radius 3 is 2.57 bits per heavy atom. The summed E-state index contributed by atoms with van der Waals surface area (Å²) in [5.74, 6) is 0.473. The highest BCUT2D eigenvalue weighted by Gasteiger charge is 2.09. The highest BCUT2D eigenvalue weighted by atomic mass is 16.3. The van der Waals surface area contributed by atoms with Gasteiger partial charge in [-0.3, -0.25) is 13.9 Å². The number of nitrogens with zero attached hydrogens (tertiary/aromatic N) is 2. The van der Waals surface area contributed by atoms with Gasteiger partial charge in [0.25, 0.3) is 5.56 Å². The number of aliphatic hydroxyl groups excluding tert-OH is 1. The Labute approximate surface area is 122 Å². The van der Waals surface area contributed by atoms with E-state index in [1.54, 1.807) is 0 Å². The quantitative estimate of drug-likeness (QED) is 0.754. The van der Waals surface area contributed by atoms with E-state index in [2.05, 4.69) is 5.32 Å². The minimum atomic E-state index is -0.363. The summed E-state index contributed by atoms with van der Waals surface area (Å²) in [5.41, 5.74) is 0.261.